The minimum atomic E-state index is 0.0779. The van der Waals surface area contributed by atoms with Gasteiger partial charge in [0.25, 0.3) is 5.95 Å². The van der Waals surface area contributed by atoms with Crippen molar-refractivity contribution in [3.8, 4) is 5.95 Å². The molecular weight excluding hydrogens is 296 g/mol. The van der Waals surface area contributed by atoms with Gasteiger partial charge in [-0.15, -0.1) is 0 Å². The van der Waals surface area contributed by atoms with E-state index in [0.29, 0.717) is 5.92 Å². The monoisotopic (exact) mass is 314 g/mol. The third-order valence-electron chi connectivity index (χ3n) is 5.46. The Morgan fingerprint density at radius 1 is 0.875 bits per heavy atom. The molecule has 4 aromatic rings. The molecular formula is C22H18O2. The number of aromatic hydroxyl groups is 1. The van der Waals surface area contributed by atoms with Gasteiger partial charge in [0.1, 0.15) is 0 Å². The smallest absolute Gasteiger partial charge is 0.285 e. The Balaban J connectivity index is 1.70. The summed E-state index contributed by atoms with van der Waals surface area (Å²) in [6, 6.07) is 19.5. The van der Waals surface area contributed by atoms with E-state index in [1.54, 1.807) is 6.26 Å². The van der Waals surface area contributed by atoms with Crippen molar-refractivity contribution < 1.29 is 9.52 Å². The molecule has 0 amide bonds. The number of hydrogen-bond acceptors (Lipinski definition) is 2. The first-order valence-corrected chi connectivity index (χ1v) is 8.50. The Bertz CT molecular complexity index is 1060. The Labute approximate surface area is 140 Å². The fourth-order valence-electron chi connectivity index (χ4n) is 4.24. The highest BCUT2D eigenvalue weighted by atomic mass is 16.5. The van der Waals surface area contributed by atoms with Crippen molar-refractivity contribution in [3.05, 3.63) is 77.6 Å². The number of rotatable bonds is 1. The highest BCUT2D eigenvalue weighted by Gasteiger charge is 2.25. The molecule has 1 N–H and O–H groups in total. The van der Waals surface area contributed by atoms with Crippen molar-refractivity contribution in [2.45, 2.75) is 25.2 Å². The van der Waals surface area contributed by atoms with Gasteiger partial charge in [-0.05, 0) is 63.9 Å². The Kier molecular flexibility index (Phi) is 2.93. The highest BCUT2D eigenvalue weighted by Crippen LogP contribution is 2.40. The summed E-state index contributed by atoms with van der Waals surface area (Å²) >= 11 is 0. The lowest BCUT2D eigenvalue weighted by molar-refractivity contribution is 0.323. The van der Waals surface area contributed by atoms with E-state index < -0.39 is 0 Å². The molecule has 3 aromatic carbocycles. The van der Waals surface area contributed by atoms with E-state index in [0.717, 1.165) is 24.8 Å². The first-order valence-electron chi connectivity index (χ1n) is 8.50. The average molecular weight is 314 g/mol. The molecule has 1 unspecified atom stereocenters. The lowest BCUT2D eigenvalue weighted by atomic mass is 9.78. The molecule has 2 nitrogen and oxygen atoms in total. The maximum Gasteiger partial charge on any atom is 0.285 e. The molecule has 5 rings (SSSR count). The first-order chi connectivity index (χ1) is 11.8. The molecule has 0 saturated heterocycles. The van der Waals surface area contributed by atoms with Crippen LogP contribution >= 0.6 is 0 Å². The number of hydrogen-bond donors (Lipinski definition) is 1. The van der Waals surface area contributed by atoms with Crippen LogP contribution in [0.25, 0.3) is 21.5 Å². The SMILES string of the molecule is Oc1occc1C1CCc2ccc3c(ccc4ccccc43)c2C1. The van der Waals surface area contributed by atoms with Gasteiger partial charge in [-0.1, -0.05) is 48.5 Å². The number of furan rings is 1. The maximum absolute atomic E-state index is 9.94. The zero-order valence-electron chi connectivity index (χ0n) is 13.3. The van der Waals surface area contributed by atoms with Crippen LogP contribution in [0.5, 0.6) is 5.95 Å². The normalized spacial score (nSPS) is 17.2. The summed E-state index contributed by atoms with van der Waals surface area (Å²) in [6.45, 7) is 0. The predicted molar refractivity (Wildman–Crippen MR) is 96.6 cm³/mol. The van der Waals surface area contributed by atoms with E-state index in [9.17, 15) is 5.11 Å². The van der Waals surface area contributed by atoms with Crippen molar-refractivity contribution >= 4 is 21.5 Å². The molecule has 118 valence electrons. The molecule has 0 spiro atoms. The molecule has 0 saturated carbocycles. The van der Waals surface area contributed by atoms with Crippen molar-refractivity contribution in [1.82, 2.24) is 0 Å². The first kappa shape index (κ1) is 13.7. The second-order valence-electron chi connectivity index (χ2n) is 6.71. The zero-order valence-corrected chi connectivity index (χ0v) is 13.3. The predicted octanol–water partition coefficient (Wildman–Crippen LogP) is 5.56. The summed E-state index contributed by atoms with van der Waals surface area (Å²) in [5.74, 6) is 0.405. The van der Waals surface area contributed by atoms with Crippen molar-refractivity contribution in [2.24, 2.45) is 0 Å². The summed E-state index contributed by atoms with van der Waals surface area (Å²) in [4.78, 5) is 0. The maximum atomic E-state index is 9.94. The topological polar surface area (TPSA) is 33.4 Å². The van der Waals surface area contributed by atoms with Gasteiger partial charge in [0.15, 0.2) is 0 Å². The van der Waals surface area contributed by atoms with E-state index in [1.807, 2.05) is 6.07 Å². The van der Waals surface area contributed by atoms with Crippen LogP contribution in [0.1, 0.15) is 29.0 Å². The lowest BCUT2D eigenvalue weighted by Crippen LogP contribution is -2.12. The van der Waals surface area contributed by atoms with E-state index in [1.165, 1.54) is 32.7 Å². The lowest BCUT2D eigenvalue weighted by Gasteiger charge is -2.25. The molecule has 0 bridgehead atoms. The minimum Gasteiger partial charge on any atom is -0.481 e. The molecule has 1 aromatic heterocycles. The van der Waals surface area contributed by atoms with Gasteiger partial charge < -0.3 is 9.52 Å². The molecule has 1 heterocycles. The van der Waals surface area contributed by atoms with E-state index in [2.05, 4.69) is 48.5 Å². The molecule has 0 fully saturated rings. The Morgan fingerprint density at radius 3 is 2.62 bits per heavy atom. The van der Waals surface area contributed by atoms with Crippen LogP contribution in [0.4, 0.5) is 0 Å². The van der Waals surface area contributed by atoms with Gasteiger partial charge in [0.05, 0.1) is 6.26 Å². The highest BCUT2D eigenvalue weighted by molar-refractivity contribution is 6.08. The van der Waals surface area contributed by atoms with Gasteiger partial charge in [-0.3, -0.25) is 0 Å². The molecule has 0 radical (unpaired) electrons. The quantitative estimate of drug-likeness (QED) is 0.466. The average Bonchev–Trinajstić information content (AvgIpc) is 3.06. The molecule has 2 heteroatoms. The van der Waals surface area contributed by atoms with Gasteiger partial charge in [0, 0.05) is 5.56 Å². The Morgan fingerprint density at radius 2 is 1.75 bits per heavy atom. The molecule has 1 aliphatic carbocycles. The standard InChI is InChI=1S/C22H18O2/c23-22-18(11-12-24-22)16-6-5-15-8-9-19-17-4-2-1-3-14(17)7-10-20(19)21(15)13-16/h1-4,7-12,16,23H,5-6,13H2. The molecule has 1 aliphatic rings. The van der Waals surface area contributed by atoms with Crippen LogP contribution < -0.4 is 0 Å². The van der Waals surface area contributed by atoms with Crippen LogP contribution in [-0.4, -0.2) is 5.11 Å². The molecule has 0 aliphatic heterocycles. The van der Waals surface area contributed by atoms with Gasteiger partial charge in [0.2, 0.25) is 0 Å². The van der Waals surface area contributed by atoms with E-state index in [4.69, 9.17) is 4.42 Å². The Hall–Kier alpha value is -2.74. The molecule has 24 heavy (non-hydrogen) atoms. The second-order valence-corrected chi connectivity index (χ2v) is 6.71. The van der Waals surface area contributed by atoms with E-state index in [-0.39, 0.29) is 5.95 Å². The zero-order chi connectivity index (χ0) is 16.1. The largest absolute Gasteiger partial charge is 0.481 e. The van der Waals surface area contributed by atoms with Crippen molar-refractivity contribution in [2.75, 3.05) is 0 Å². The van der Waals surface area contributed by atoms with Crippen LogP contribution in [0.15, 0.2) is 65.3 Å². The van der Waals surface area contributed by atoms with Crippen LogP contribution in [0.2, 0.25) is 0 Å². The third kappa shape index (κ3) is 1.96. The van der Waals surface area contributed by atoms with Crippen molar-refractivity contribution in [3.63, 3.8) is 0 Å². The van der Waals surface area contributed by atoms with E-state index >= 15 is 0 Å². The van der Waals surface area contributed by atoms with Gasteiger partial charge in [-0.2, -0.15) is 0 Å². The van der Waals surface area contributed by atoms with Crippen LogP contribution in [0, 0.1) is 0 Å². The number of benzene rings is 3. The molecule has 1 atom stereocenters. The third-order valence-corrected chi connectivity index (χ3v) is 5.46. The second kappa shape index (κ2) is 5.13. The number of aryl methyl sites for hydroxylation is 1. The summed E-state index contributed by atoms with van der Waals surface area (Å²) < 4.78 is 5.11. The summed E-state index contributed by atoms with van der Waals surface area (Å²) in [5, 5.41) is 15.2. The summed E-state index contributed by atoms with van der Waals surface area (Å²) in [6.07, 6.45) is 4.64. The fourth-order valence-corrected chi connectivity index (χ4v) is 4.24. The summed E-state index contributed by atoms with van der Waals surface area (Å²) in [5.41, 5.74) is 3.81. The van der Waals surface area contributed by atoms with Gasteiger partial charge >= 0.3 is 0 Å². The van der Waals surface area contributed by atoms with Crippen LogP contribution in [-0.2, 0) is 12.8 Å². The van der Waals surface area contributed by atoms with Crippen LogP contribution in [0.3, 0.4) is 0 Å². The van der Waals surface area contributed by atoms with Gasteiger partial charge in [-0.25, -0.2) is 0 Å². The summed E-state index contributed by atoms with van der Waals surface area (Å²) in [7, 11) is 0. The number of fused-ring (bicyclic) bond motifs is 5. The van der Waals surface area contributed by atoms with Crippen molar-refractivity contribution in [1.29, 1.82) is 0 Å². The minimum absolute atomic E-state index is 0.0779. The fraction of sp³-hybridized carbons (Fsp3) is 0.182.